The highest BCUT2D eigenvalue weighted by molar-refractivity contribution is 7.18. The smallest absolute Gasteiger partial charge is 0.227 e. The van der Waals surface area contributed by atoms with Gasteiger partial charge >= 0.3 is 0 Å². The third-order valence-electron chi connectivity index (χ3n) is 5.66. The molecule has 1 saturated carbocycles. The summed E-state index contributed by atoms with van der Waals surface area (Å²) < 4.78 is 3.09. The van der Waals surface area contributed by atoms with Crippen LogP contribution in [0.15, 0.2) is 48.7 Å². The zero-order valence-corrected chi connectivity index (χ0v) is 16.3. The first-order valence-corrected chi connectivity index (χ1v) is 10.5. The second kappa shape index (κ2) is 6.98. The molecule has 1 aliphatic rings. The maximum atomic E-state index is 13.2. The molecule has 0 atom stereocenters. The van der Waals surface area contributed by atoms with Crippen LogP contribution in [0.25, 0.3) is 15.9 Å². The van der Waals surface area contributed by atoms with Crippen molar-refractivity contribution in [2.75, 3.05) is 0 Å². The lowest BCUT2D eigenvalue weighted by molar-refractivity contribution is -0.131. The van der Waals surface area contributed by atoms with Gasteiger partial charge in [-0.3, -0.25) is 9.20 Å². The van der Waals surface area contributed by atoms with Crippen molar-refractivity contribution in [3.8, 4) is 0 Å². The van der Waals surface area contributed by atoms with Crippen LogP contribution in [0, 0.1) is 5.41 Å². The summed E-state index contributed by atoms with van der Waals surface area (Å²) in [5.41, 5.74) is 1.44. The van der Waals surface area contributed by atoms with Crippen LogP contribution in [-0.2, 0) is 17.8 Å². The summed E-state index contributed by atoms with van der Waals surface area (Å²) in [6.07, 6.45) is 6.63. The van der Waals surface area contributed by atoms with E-state index in [1.54, 1.807) is 11.3 Å². The molecule has 0 unspecified atom stereocenters. The van der Waals surface area contributed by atoms with E-state index in [1.807, 2.05) is 47.0 Å². The summed E-state index contributed by atoms with van der Waals surface area (Å²) in [7, 11) is 0. The van der Waals surface area contributed by atoms with Crippen LogP contribution in [0.2, 0.25) is 0 Å². The summed E-state index contributed by atoms with van der Waals surface area (Å²) in [4.78, 5) is 18.0. The topological polar surface area (TPSA) is 72.2 Å². The minimum absolute atomic E-state index is 0.108. The van der Waals surface area contributed by atoms with Gasteiger partial charge in [-0.15, -0.1) is 21.5 Å². The van der Waals surface area contributed by atoms with Gasteiger partial charge in [0.2, 0.25) is 5.91 Å². The van der Waals surface area contributed by atoms with E-state index in [0.29, 0.717) is 13.0 Å². The van der Waals surface area contributed by atoms with Crippen molar-refractivity contribution in [1.29, 1.82) is 0 Å². The Morgan fingerprint density at radius 1 is 1.11 bits per heavy atom. The number of amides is 1. The second-order valence-corrected chi connectivity index (χ2v) is 8.58. The average Bonchev–Trinajstić information content (AvgIpc) is 3.44. The van der Waals surface area contributed by atoms with Gasteiger partial charge in [0.1, 0.15) is 0 Å². The summed E-state index contributed by atoms with van der Waals surface area (Å²) >= 11 is 1.70. The van der Waals surface area contributed by atoms with Gasteiger partial charge in [-0.25, -0.2) is 4.98 Å². The fourth-order valence-corrected chi connectivity index (χ4v) is 5.29. The summed E-state index contributed by atoms with van der Waals surface area (Å²) in [6, 6.07) is 13.9. The molecule has 5 rings (SSSR count). The van der Waals surface area contributed by atoms with Gasteiger partial charge < -0.3 is 5.32 Å². The van der Waals surface area contributed by atoms with Crippen molar-refractivity contribution in [2.24, 2.45) is 5.41 Å². The van der Waals surface area contributed by atoms with E-state index in [2.05, 4.69) is 21.6 Å². The number of rotatable bonds is 5. The van der Waals surface area contributed by atoms with Crippen LogP contribution in [0.5, 0.6) is 0 Å². The number of benzene rings is 1. The Bertz CT molecular complexity index is 1110. The Morgan fingerprint density at radius 3 is 2.79 bits per heavy atom. The number of hydrogen-bond acceptors (Lipinski definition) is 5. The van der Waals surface area contributed by atoms with E-state index in [0.717, 1.165) is 47.7 Å². The lowest BCUT2D eigenvalue weighted by Gasteiger charge is -2.26. The maximum absolute atomic E-state index is 13.2. The van der Waals surface area contributed by atoms with Gasteiger partial charge in [-0.05, 0) is 37.1 Å². The number of aromatic nitrogens is 4. The molecule has 1 amide bonds. The van der Waals surface area contributed by atoms with Gasteiger partial charge in [-0.1, -0.05) is 31.0 Å². The van der Waals surface area contributed by atoms with Gasteiger partial charge in [0.25, 0.3) is 0 Å². The monoisotopic (exact) mass is 391 g/mol. The fraction of sp³-hybridized carbons (Fsp3) is 0.333. The molecule has 1 aromatic carbocycles. The van der Waals surface area contributed by atoms with E-state index >= 15 is 0 Å². The number of hydrogen-bond donors (Lipinski definition) is 1. The number of carbonyl (C=O) groups excluding carboxylic acids is 1. The number of nitrogens with zero attached hydrogens (tertiary/aromatic N) is 4. The van der Waals surface area contributed by atoms with E-state index in [1.165, 1.54) is 4.70 Å². The minimum Gasteiger partial charge on any atom is -0.348 e. The van der Waals surface area contributed by atoms with Crippen LogP contribution in [0.1, 0.15) is 36.5 Å². The standard InChI is InChI=1S/C21H21N5OS/c27-20(22-14-18-25-24-17-9-3-6-12-26(17)18)21(10-4-5-11-21)13-19-23-15-7-1-2-8-16(15)28-19/h1-3,6-9,12H,4-5,10-11,13-14H2,(H,22,27). The van der Waals surface area contributed by atoms with Gasteiger partial charge in [0.05, 0.1) is 27.2 Å². The van der Waals surface area contributed by atoms with Crippen molar-refractivity contribution in [2.45, 2.75) is 38.6 Å². The Morgan fingerprint density at radius 2 is 1.93 bits per heavy atom. The molecule has 0 aliphatic heterocycles. The second-order valence-electron chi connectivity index (χ2n) is 7.47. The number of para-hydroxylation sites is 1. The zero-order valence-electron chi connectivity index (χ0n) is 15.5. The fourth-order valence-electron chi connectivity index (χ4n) is 4.18. The van der Waals surface area contributed by atoms with E-state index in [9.17, 15) is 4.79 Å². The third kappa shape index (κ3) is 3.05. The Labute approximate surface area is 166 Å². The van der Waals surface area contributed by atoms with Crippen LogP contribution >= 0.6 is 11.3 Å². The van der Waals surface area contributed by atoms with Gasteiger partial charge in [0, 0.05) is 12.6 Å². The van der Waals surface area contributed by atoms with Crippen LogP contribution < -0.4 is 5.32 Å². The van der Waals surface area contributed by atoms with Crippen molar-refractivity contribution in [3.63, 3.8) is 0 Å². The Kier molecular flexibility index (Phi) is 4.31. The molecule has 6 nitrogen and oxygen atoms in total. The molecule has 0 bridgehead atoms. The van der Waals surface area contributed by atoms with Gasteiger partial charge in [0.15, 0.2) is 11.5 Å². The molecule has 3 heterocycles. The highest BCUT2D eigenvalue weighted by atomic mass is 32.1. The van der Waals surface area contributed by atoms with Crippen molar-refractivity contribution < 1.29 is 4.79 Å². The molecule has 1 N–H and O–H groups in total. The molecule has 0 radical (unpaired) electrons. The quantitative estimate of drug-likeness (QED) is 0.562. The Balaban J connectivity index is 1.35. The summed E-state index contributed by atoms with van der Waals surface area (Å²) in [5, 5.41) is 12.6. The molecule has 28 heavy (non-hydrogen) atoms. The minimum atomic E-state index is -0.367. The molecule has 142 valence electrons. The van der Waals surface area contributed by atoms with Crippen LogP contribution in [-0.4, -0.2) is 25.5 Å². The lowest BCUT2D eigenvalue weighted by atomic mass is 9.82. The number of nitrogens with one attached hydrogen (secondary N) is 1. The molecule has 4 aromatic rings. The van der Waals surface area contributed by atoms with Crippen molar-refractivity contribution in [3.05, 3.63) is 59.5 Å². The lowest BCUT2D eigenvalue weighted by Crippen LogP contribution is -2.40. The van der Waals surface area contributed by atoms with E-state index < -0.39 is 0 Å². The summed E-state index contributed by atoms with van der Waals surface area (Å²) in [6.45, 7) is 0.381. The molecular weight excluding hydrogens is 370 g/mol. The number of pyridine rings is 1. The molecule has 0 saturated heterocycles. The molecule has 1 fully saturated rings. The summed E-state index contributed by atoms with van der Waals surface area (Å²) in [5.74, 6) is 0.856. The first-order chi connectivity index (χ1) is 13.7. The highest BCUT2D eigenvalue weighted by Crippen LogP contribution is 2.42. The van der Waals surface area contributed by atoms with E-state index in [4.69, 9.17) is 4.98 Å². The van der Waals surface area contributed by atoms with Crippen molar-refractivity contribution in [1.82, 2.24) is 24.9 Å². The van der Waals surface area contributed by atoms with Crippen LogP contribution in [0.4, 0.5) is 0 Å². The molecule has 3 aromatic heterocycles. The number of carbonyl (C=O) groups is 1. The zero-order chi connectivity index (χ0) is 19.0. The predicted molar refractivity (Wildman–Crippen MR) is 109 cm³/mol. The van der Waals surface area contributed by atoms with Gasteiger partial charge in [-0.2, -0.15) is 0 Å². The molecular formula is C21H21N5OS. The normalized spacial score (nSPS) is 16.0. The molecule has 1 aliphatic carbocycles. The number of fused-ring (bicyclic) bond motifs is 2. The first kappa shape index (κ1) is 17.3. The van der Waals surface area contributed by atoms with E-state index in [-0.39, 0.29) is 11.3 Å². The largest absolute Gasteiger partial charge is 0.348 e. The van der Waals surface area contributed by atoms with Crippen molar-refractivity contribution >= 4 is 33.1 Å². The SMILES string of the molecule is O=C(NCc1nnc2ccccn12)C1(Cc2nc3ccccc3s2)CCCC1. The Hall–Kier alpha value is -2.80. The van der Waals surface area contributed by atoms with Crippen LogP contribution in [0.3, 0.4) is 0 Å². The molecule has 0 spiro atoms. The number of thiazole rings is 1. The third-order valence-corrected chi connectivity index (χ3v) is 6.70. The molecule has 7 heteroatoms. The predicted octanol–water partition coefficient (Wildman–Crippen LogP) is 3.76. The maximum Gasteiger partial charge on any atom is 0.227 e. The average molecular weight is 392 g/mol. The first-order valence-electron chi connectivity index (χ1n) is 9.65. The highest BCUT2D eigenvalue weighted by Gasteiger charge is 2.41.